The highest BCUT2D eigenvalue weighted by Crippen LogP contribution is 2.19. The summed E-state index contributed by atoms with van der Waals surface area (Å²) < 4.78 is 27.9. The third-order valence-electron chi connectivity index (χ3n) is 3.01. The van der Waals surface area contributed by atoms with Crippen molar-refractivity contribution in [3.8, 4) is 5.69 Å². The second kappa shape index (κ2) is 5.91. The minimum atomic E-state index is -3.61. The fourth-order valence-corrected chi connectivity index (χ4v) is 3.61. The van der Waals surface area contributed by atoms with E-state index in [0.29, 0.717) is 11.4 Å². The first-order chi connectivity index (χ1) is 10.6. The predicted octanol–water partition coefficient (Wildman–Crippen LogP) is 0.939. The summed E-state index contributed by atoms with van der Waals surface area (Å²) in [5, 5.41) is 12.7. The minimum Gasteiger partial charge on any atom is -0.248 e. The van der Waals surface area contributed by atoms with E-state index in [1.165, 1.54) is 39.8 Å². The van der Waals surface area contributed by atoms with Gasteiger partial charge in [0, 0.05) is 12.4 Å². The van der Waals surface area contributed by atoms with Gasteiger partial charge in [0.15, 0.2) is 0 Å². The topological polar surface area (TPSA) is 93.9 Å². The fraction of sp³-hybridized carbons (Fsp3) is 0.167. The molecule has 0 aliphatic carbocycles. The van der Waals surface area contributed by atoms with Crippen LogP contribution in [0.3, 0.4) is 0 Å². The van der Waals surface area contributed by atoms with Gasteiger partial charge < -0.3 is 0 Å². The van der Waals surface area contributed by atoms with Gasteiger partial charge >= 0.3 is 0 Å². The Morgan fingerprint density at radius 2 is 2.23 bits per heavy atom. The highest BCUT2D eigenvalue weighted by molar-refractivity contribution is 7.89. The van der Waals surface area contributed by atoms with Crippen LogP contribution in [0.5, 0.6) is 0 Å². The normalized spacial score (nSPS) is 11.9. The van der Waals surface area contributed by atoms with E-state index in [4.69, 9.17) is 0 Å². The molecule has 0 saturated carbocycles. The molecular formula is C12H12N6O2S2. The Labute approximate surface area is 131 Å². The van der Waals surface area contributed by atoms with Crippen LogP contribution in [0, 0.1) is 0 Å². The third-order valence-corrected chi connectivity index (χ3v) is 5.44. The molecule has 0 bridgehead atoms. The second-order valence-electron chi connectivity index (χ2n) is 4.49. The molecule has 0 spiro atoms. The van der Waals surface area contributed by atoms with E-state index in [9.17, 15) is 8.42 Å². The summed E-state index contributed by atoms with van der Waals surface area (Å²) >= 11 is 1.43. The zero-order valence-corrected chi connectivity index (χ0v) is 13.2. The van der Waals surface area contributed by atoms with Crippen LogP contribution in [0.1, 0.15) is 5.69 Å². The summed E-state index contributed by atoms with van der Waals surface area (Å²) in [5.74, 6) is 0. The monoisotopic (exact) mass is 336 g/mol. The van der Waals surface area contributed by atoms with Crippen LogP contribution in [-0.4, -0.2) is 45.0 Å². The summed E-state index contributed by atoms with van der Waals surface area (Å²) in [5.41, 5.74) is 2.97. The predicted molar refractivity (Wildman–Crippen MR) is 79.9 cm³/mol. The van der Waals surface area contributed by atoms with Crippen molar-refractivity contribution in [1.29, 1.82) is 0 Å². The molecule has 3 aromatic rings. The van der Waals surface area contributed by atoms with Crippen molar-refractivity contribution in [2.75, 3.05) is 7.05 Å². The Morgan fingerprint density at radius 1 is 1.36 bits per heavy atom. The van der Waals surface area contributed by atoms with Crippen LogP contribution >= 0.6 is 11.3 Å². The van der Waals surface area contributed by atoms with Gasteiger partial charge in [-0.1, -0.05) is 6.07 Å². The lowest BCUT2D eigenvalue weighted by molar-refractivity contribution is 0.463. The molecule has 0 atom stereocenters. The molecule has 0 aliphatic rings. The number of nitrogens with zero attached hydrogens (tertiary/aromatic N) is 6. The van der Waals surface area contributed by atoms with Gasteiger partial charge in [0.2, 0.25) is 10.0 Å². The van der Waals surface area contributed by atoms with E-state index >= 15 is 0 Å². The molecule has 0 amide bonds. The van der Waals surface area contributed by atoms with Crippen LogP contribution < -0.4 is 0 Å². The molecule has 10 heteroatoms. The standard InChI is InChI=1S/C12H12N6O2S2/c1-17(6-10-7-21-9-13-10)22(19,20)12-4-2-3-11(5-12)18-8-14-15-16-18/h2-5,7-9H,6H2,1H3. The number of benzene rings is 1. The van der Waals surface area contributed by atoms with E-state index in [0.717, 1.165) is 0 Å². The average Bonchev–Trinajstić information content (AvgIpc) is 3.20. The van der Waals surface area contributed by atoms with E-state index in [1.807, 2.05) is 5.38 Å². The van der Waals surface area contributed by atoms with Gasteiger partial charge in [-0.25, -0.2) is 18.1 Å². The molecule has 114 valence electrons. The third kappa shape index (κ3) is 2.89. The Kier molecular flexibility index (Phi) is 3.96. The van der Waals surface area contributed by atoms with Crippen molar-refractivity contribution in [2.45, 2.75) is 11.4 Å². The molecule has 0 unspecified atom stereocenters. The Balaban J connectivity index is 1.90. The van der Waals surface area contributed by atoms with Crippen molar-refractivity contribution >= 4 is 21.4 Å². The fourth-order valence-electron chi connectivity index (χ4n) is 1.87. The summed E-state index contributed by atoms with van der Waals surface area (Å²) in [7, 11) is -2.09. The Hall–Kier alpha value is -2.17. The van der Waals surface area contributed by atoms with Crippen molar-refractivity contribution in [3.05, 3.63) is 47.2 Å². The van der Waals surface area contributed by atoms with Gasteiger partial charge in [-0.05, 0) is 28.6 Å². The van der Waals surface area contributed by atoms with Gasteiger partial charge in [-0.2, -0.15) is 4.31 Å². The first kappa shape index (κ1) is 14.8. The maximum atomic E-state index is 12.6. The van der Waals surface area contributed by atoms with E-state index in [2.05, 4.69) is 20.5 Å². The molecule has 2 heterocycles. The molecule has 0 saturated heterocycles. The van der Waals surface area contributed by atoms with Gasteiger partial charge in [0.1, 0.15) is 6.33 Å². The molecule has 2 aromatic heterocycles. The number of thiazole rings is 1. The molecule has 22 heavy (non-hydrogen) atoms. The smallest absolute Gasteiger partial charge is 0.243 e. The van der Waals surface area contributed by atoms with Gasteiger partial charge in [-0.15, -0.1) is 16.4 Å². The van der Waals surface area contributed by atoms with Crippen LogP contribution in [-0.2, 0) is 16.6 Å². The van der Waals surface area contributed by atoms with Crippen LogP contribution in [0.25, 0.3) is 5.69 Å². The molecule has 0 aliphatic heterocycles. The first-order valence-electron chi connectivity index (χ1n) is 6.24. The van der Waals surface area contributed by atoms with Gasteiger partial charge in [0.25, 0.3) is 0 Å². The zero-order valence-electron chi connectivity index (χ0n) is 11.6. The molecule has 1 aromatic carbocycles. The van der Waals surface area contributed by atoms with Crippen molar-refractivity contribution in [2.24, 2.45) is 0 Å². The Morgan fingerprint density at radius 3 is 2.91 bits per heavy atom. The summed E-state index contributed by atoms with van der Waals surface area (Å²) in [6.07, 6.45) is 1.41. The van der Waals surface area contributed by atoms with Crippen LogP contribution in [0.4, 0.5) is 0 Å². The Bertz CT molecular complexity index is 846. The van der Waals surface area contributed by atoms with Crippen molar-refractivity contribution in [3.63, 3.8) is 0 Å². The first-order valence-corrected chi connectivity index (χ1v) is 8.62. The lowest BCUT2D eigenvalue weighted by Gasteiger charge is -2.16. The van der Waals surface area contributed by atoms with E-state index in [1.54, 1.807) is 23.7 Å². The van der Waals surface area contributed by atoms with Crippen LogP contribution in [0.2, 0.25) is 0 Å². The highest BCUT2D eigenvalue weighted by Gasteiger charge is 2.22. The van der Waals surface area contributed by atoms with Crippen molar-refractivity contribution < 1.29 is 8.42 Å². The number of hydrogen-bond donors (Lipinski definition) is 0. The van der Waals surface area contributed by atoms with E-state index in [-0.39, 0.29) is 11.4 Å². The number of hydrogen-bond acceptors (Lipinski definition) is 7. The number of sulfonamides is 1. The number of rotatable bonds is 5. The molecule has 0 radical (unpaired) electrons. The van der Waals surface area contributed by atoms with Crippen molar-refractivity contribution in [1.82, 2.24) is 29.5 Å². The maximum Gasteiger partial charge on any atom is 0.243 e. The quantitative estimate of drug-likeness (QED) is 0.688. The molecule has 0 N–H and O–H groups in total. The number of tetrazole rings is 1. The zero-order chi connectivity index (χ0) is 15.6. The molecule has 3 rings (SSSR count). The minimum absolute atomic E-state index is 0.179. The lowest BCUT2D eigenvalue weighted by atomic mass is 10.3. The summed E-state index contributed by atoms with van der Waals surface area (Å²) in [6, 6.07) is 6.46. The van der Waals surface area contributed by atoms with Crippen LogP contribution in [0.15, 0.2) is 46.4 Å². The average molecular weight is 336 g/mol. The molecule has 0 fully saturated rings. The number of aromatic nitrogens is 5. The maximum absolute atomic E-state index is 12.6. The summed E-state index contributed by atoms with van der Waals surface area (Å²) in [6.45, 7) is 0.223. The largest absolute Gasteiger partial charge is 0.248 e. The molecular weight excluding hydrogens is 324 g/mol. The van der Waals surface area contributed by atoms with Gasteiger partial charge in [0.05, 0.1) is 28.3 Å². The SMILES string of the molecule is CN(Cc1cscn1)S(=O)(=O)c1cccc(-n2cnnn2)c1. The second-order valence-corrected chi connectivity index (χ2v) is 7.26. The lowest BCUT2D eigenvalue weighted by Crippen LogP contribution is -2.26. The molecule has 8 nitrogen and oxygen atoms in total. The summed E-state index contributed by atoms with van der Waals surface area (Å²) in [4.78, 5) is 4.28. The van der Waals surface area contributed by atoms with E-state index < -0.39 is 10.0 Å². The highest BCUT2D eigenvalue weighted by atomic mass is 32.2. The van der Waals surface area contributed by atoms with Gasteiger partial charge in [-0.3, -0.25) is 0 Å².